The molecule has 2 amide bonds. The Morgan fingerprint density at radius 1 is 1.09 bits per heavy atom. The molecular weight excluding hydrogens is 438 g/mol. The van der Waals surface area contributed by atoms with E-state index in [1.165, 1.54) is 12.1 Å². The lowest BCUT2D eigenvalue weighted by Gasteiger charge is -2.16. The van der Waals surface area contributed by atoms with E-state index in [1.54, 1.807) is 30.3 Å². The summed E-state index contributed by atoms with van der Waals surface area (Å²) < 4.78 is 0. The SMILES string of the molecule is C=c1cccc/c1=C(\Nc1ccc(C(=O)NC(CO)C(N)=O)cc1[N+](=O)[O-])c1ccccc1N. The molecule has 0 aromatic heterocycles. The average molecular weight is 461 g/mol. The first-order valence-corrected chi connectivity index (χ1v) is 10.1. The molecule has 10 nitrogen and oxygen atoms in total. The number of rotatable bonds is 8. The topological polar surface area (TPSA) is 174 Å². The van der Waals surface area contributed by atoms with Crippen molar-refractivity contribution in [1.29, 1.82) is 0 Å². The number of nitrogens with two attached hydrogens (primary N) is 2. The molecule has 0 saturated heterocycles. The van der Waals surface area contributed by atoms with Crippen LogP contribution in [0.1, 0.15) is 15.9 Å². The van der Waals surface area contributed by atoms with Crippen molar-refractivity contribution in [3.8, 4) is 0 Å². The first-order chi connectivity index (χ1) is 16.2. The largest absolute Gasteiger partial charge is 0.398 e. The van der Waals surface area contributed by atoms with Crippen LogP contribution < -0.4 is 32.5 Å². The number of aliphatic hydroxyl groups is 1. The number of benzene rings is 3. The number of nitro groups is 1. The minimum absolute atomic E-state index is 0.0877. The molecule has 3 aromatic carbocycles. The number of aliphatic hydroxyl groups excluding tert-OH is 1. The molecule has 0 spiro atoms. The van der Waals surface area contributed by atoms with E-state index < -0.39 is 29.4 Å². The predicted molar refractivity (Wildman–Crippen MR) is 129 cm³/mol. The number of carbonyl (C=O) groups is 2. The highest BCUT2D eigenvalue weighted by atomic mass is 16.6. The van der Waals surface area contributed by atoms with Crippen LogP contribution in [0, 0.1) is 10.1 Å². The van der Waals surface area contributed by atoms with Crippen LogP contribution in [0.5, 0.6) is 0 Å². The molecule has 0 radical (unpaired) electrons. The summed E-state index contributed by atoms with van der Waals surface area (Å²) in [6, 6.07) is 16.7. The average Bonchev–Trinajstić information content (AvgIpc) is 2.81. The minimum Gasteiger partial charge on any atom is -0.398 e. The summed E-state index contributed by atoms with van der Waals surface area (Å²) in [5, 5.41) is 27.7. The lowest BCUT2D eigenvalue weighted by atomic mass is 10.0. The fourth-order valence-electron chi connectivity index (χ4n) is 3.28. The lowest BCUT2D eigenvalue weighted by Crippen LogP contribution is -2.46. The standard InChI is InChI=1S/C24H23N5O5/c1-14-6-2-3-7-16(14)22(17-8-4-5-9-18(17)25)27-19-11-10-15(12-21(19)29(33)34)24(32)28-20(13-30)23(26)31/h2-12,20,27,30H,1,13,25H2,(H2,26,31)(H,28,32)/b22-16+. The van der Waals surface area contributed by atoms with E-state index in [9.17, 15) is 24.8 Å². The molecule has 34 heavy (non-hydrogen) atoms. The van der Waals surface area contributed by atoms with Crippen molar-refractivity contribution >= 4 is 41.2 Å². The molecule has 174 valence electrons. The summed E-state index contributed by atoms with van der Waals surface area (Å²) in [7, 11) is 0. The maximum absolute atomic E-state index is 12.5. The Morgan fingerprint density at radius 3 is 2.38 bits per heavy atom. The van der Waals surface area contributed by atoms with Gasteiger partial charge in [-0.3, -0.25) is 19.7 Å². The molecule has 0 bridgehead atoms. The monoisotopic (exact) mass is 461 g/mol. The second-order valence-electron chi connectivity index (χ2n) is 7.34. The number of nitro benzene ring substituents is 1. The van der Waals surface area contributed by atoms with Crippen LogP contribution in [0.2, 0.25) is 0 Å². The molecule has 0 fully saturated rings. The Kier molecular flexibility index (Phi) is 7.24. The molecular formula is C24H23N5O5. The highest BCUT2D eigenvalue weighted by molar-refractivity contribution is 5.99. The minimum atomic E-state index is -1.32. The van der Waals surface area contributed by atoms with Crippen molar-refractivity contribution in [3.05, 3.63) is 98.4 Å². The van der Waals surface area contributed by atoms with Crippen LogP contribution in [-0.2, 0) is 4.79 Å². The molecule has 0 aliphatic carbocycles. The lowest BCUT2D eigenvalue weighted by molar-refractivity contribution is -0.383. The second-order valence-corrected chi connectivity index (χ2v) is 7.34. The fraction of sp³-hybridized carbons (Fsp3) is 0.0833. The first kappa shape index (κ1) is 24.0. The van der Waals surface area contributed by atoms with Crippen LogP contribution in [0.4, 0.5) is 17.1 Å². The van der Waals surface area contributed by atoms with E-state index in [0.717, 1.165) is 6.07 Å². The number of nitrogen functional groups attached to an aromatic ring is 1. The number of nitrogens with zero attached hydrogens (tertiary/aromatic N) is 1. The molecule has 3 aromatic rings. The van der Waals surface area contributed by atoms with Gasteiger partial charge in [0.1, 0.15) is 11.7 Å². The smallest absolute Gasteiger partial charge is 0.293 e. The van der Waals surface area contributed by atoms with Crippen LogP contribution in [-0.4, -0.2) is 34.5 Å². The molecule has 0 aliphatic rings. The van der Waals surface area contributed by atoms with E-state index in [-0.39, 0.29) is 16.9 Å². The van der Waals surface area contributed by atoms with E-state index in [0.29, 0.717) is 27.4 Å². The third-order valence-corrected chi connectivity index (χ3v) is 5.06. The fourth-order valence-corrected chi connectivity index (χ4v) is 3.28. The Bertz CT molecular complexity index is 1370. The number of primary amides is 1. The maximum atomic E-state index is 12.5. The van der Waals surface area contributed by atoms with Gasteiger partial charge < -0.3 is 27.2 Å². The van der Waals surface area contributed by atoms with E-state index in [4.69, 9.17) is 11.5 Å². The maximum Gasteiger partial charge on any atom is 0.293 e. The number of hydrogen-bond acceptors (Lipinski definition) is 7. The third kappa shape index (κ3) is 5.19. The van der Waals surface area contributed by atoms with Crippen molar-refractivity contribution in [2.75, 3.05) is 17.7 Å². The van der Waals surface area contributed by atoms with Crippen LogP contribution in [0.25, 0.3) is 12.3 Å². The number of nitrogens with one attached hydrogen (secondary N) is 2. The summed E-state index contributed by atoms with van der Waals surface area (Å²) in [4.78, 5) is 34.9. The highest BCUT2D eigenvalue weighted by Crippen LogP contribution is 2.29. The number of carbonyl (C=O) groups excluding carboxylic acids is 2. The Labute approximate surface area is 194 Å². The van der Waals surface area contributed by atoms with Gasteiger partial charge in [-0.2, -0.15) is 0 Å². The van der Waals surface area contributed by atoms with Gasteiger partial charge in [-0.1, -0.05) is 49.0 Å². The Morgan fingerprint density at radius 2 is 1.76 bits per heavy atom. The number of para-hydroxylation sites is 1. The first-order valence-electron chi connectivity index (χ1n) is 10.1. The van der Waals surface area contributed by atoms with Gasteiger partial charge in [0.25, 0.3) is 11.6 Å². The molecule has 0 saturated carbocycles. The zero-order valence-electron chi connectivity index (χ0n) is 18.0. The van der Waals surface area contributed by atoms with Gasteiger partial charge in [-0.15, -0.1) is 0 Å². The molecule has 7 N–H and O–H groups in total. The molecule has 0 heterocycles. The number of anilines is 2. The normalized spacial score (nSPS) is 12.4. The second kappa shape index (κ2) is 10.3. The molecule has 1 atom stereocenters. The summed E-state index contributed by atoms with van der Waals surface area (Å²) in [5.74, 6) is -1.73. The Balaban J connectivity index is 2.11. The number of amides is 2. The van der Waals surface area contributed by atoms with Gasteiger partial charge >= 0.3 is 0 Å². The highest BCUT2D eigenvalue weighted by Gasteiger charge is 2.22. The van der Waals surface area contributed by atoms with Gasteiger partial charge in [0, 0.05) is 28.1 Å². The van der Waals surface area contributed by atoms with Gasteiger partial charge in [0.2, 0.25) is 5.91 Å². The summed E-state index contributed by atoms with van der Waals surface area (Å²) >= 11 is 0. The van der Waals surface area contributed by atoms with Crippen molar-refractivity contribution in [2.45, 2.75) is 6.04 Å². The van der Waals surface area contributed by atoms with Crippen LogP contribution in [0.3, 0.4) is 0 Å². The quantitative estimate of drug-likeness (QED) is 0.184. The zero-order chi connectivity index (χ0) is 24.8. The van der Waals surface area contributed by atoms with E-state index in [1.807, 2.05) is 18.2 Å². The van der Waals surface area contributed by atoms with E-state index >= 15 is 0 Å². The predicted octanol–water partition coefficient (Wildman–Crippen LogP) is 0.432. The van der Waals surface area contributed by atoms with Gasteiger partial charge in [0.05, 0.1) is 17.2 Å². The van der Waals surface area contributed by atoms with Gasteiger partial charge in [-0.25, -0.2) is 0 Å². The number of hydrogen-bond donors (Lipinski definition) is 5. The molecule has 1 unspecified atom stereocenters. The summed E-state index contributed by atoms with van der Waals surface area (Å²) in [6.07, 6.45) is 0. The Hall–Kier alpha value is -4.70. The van der Waals surface area contributed by atoms with Crippen molar-refractivity contribution in [3.63, 3.8) is 0 Å². The summed E-state index contributed by atoms with van der Waals surface area (Å²) in [6.45, 7) is 3.33. The molecule has 0 aliphatic heterocycles. The van der Waals surface area contributed by atoms with E-state index in [2.05, 4.69) is 17.2 Å². The van der Waals surface area contributed by atoms with Crippen molar-refractivity contribution < 1.29 is 19.6 Å². The zero-order valence-corrected chi connectivity index (χ0v) is 18.0. The molecule has 3 rings (SSSR count). The van der Waals surface area contributed by atoms with Crippen LogP contribution >= 0.6 is 0 Å². The van der Waals surface area contributed by atoms with Crippen LogP contribution in [0.15, 0.2) is 66.7 Å². The molecule has 10 heteroatoms. The van der Waals surface area contributed by atoms with Crippen molar-refractivity contribution in [1.82, 2.24) is 5.32 Å². The van der Waals surface area contributed by atoms with Gasteiger partial charge in [-0.05, 0) is 23.4 Å². The third-order valence-electron chi connectivity index (χ3n) is 5.06. The van der Waals surface area contributed by atoms with Crippen molar-refractivity contribution in [2.24, 2.45) is 5.73 Å². The summed E-state index contributed by atoms with van der Waals surface area (Å²) in [5.41, 5.74) is 12.5. The van der Waals surface area contributed by atoms with Gasteiger partial charge in [0.15, 0.2) is 0 Å².